The molecule has 32 heavy (non-hydrogen) atoms. The second kappa shape index (κ2) is 9.74. The van der Waals surface area contributed by atoms with Gasteiger partial charge in [0.25, 0.3) is 0 Å². The topological polar surface area (TPSA) is 84.3 Å². The van der Waals surface area contributed by atoms with E-state index in [0.29, 0.717) is 47.8 Å². The molecule has 0 saturated carbocycles. The number of rotatable bonds is 6. The Morgan fingerprint density at radius 3 is 2.41 bits per heavy atom. The zero-order valence-corrected chi connectivity index (χ0v) is 20.3. The number of anilines is 1. The molecule has 10 heteroatoms. The first kappa shape index (κ1) is 23.0. The maximum Gasteiger partial charge on any atom is 0.243 e. The summed E-state index contributed by atoms with van der Waals surface area (Å²) in [5.74, 6) is 0.0213. The predicted molar refractivity (Wildman–Crippen MR) is 127 cm³/mol. The van der Waals surface area contributed by atoms with Crippen LogP contribution in [0, 0.1) is 5.92 Å². The van der Waals surface area contributed by atoms with Gasteiger partial charge >= 0.3 is 0 Å². The quantitative estimate of drug-likeness (QED) is 0.506. The van der Waals surface area contributed by atoms with Gasteiger partial charge in [0.15, 0.2) is 5.82 Å². The van der Waals surface area contributed by atoms with Gasteiger partial charge in [-0.1, -0.05) is 41.9 Å². The molecule has 2 aromatic carbocycles. The SMILES string of the molecule is O=C(Nc1nn(Cc2ccc(Cl)cc2)cc1Br)C1CCN(S(=O)(=O)c2ccccc2)CC1. The molecule has 0 atom stereocenters. The summed E-state index contributed by atoms with van der Waals surface area (Å²) >= 11 is 9.38. The van der Waals surface area contributed by atoms with Crippen molar-refractivity contribution in [1.82, 2.24) is 14.1 Å². The van der Waals surface area contributed by atoms with Gasteiger partial charge in [0.05, 0.1) is 15.9 Å². The van der Waals surface area contributed by atoms with Gasteiger partial charge in [-0.15, -0.1) is 0 Å². The van der Waals surface area contributed by atoms with Crippen molar-refractivity contribution in [3.63, 3.8) is 0 Å². The Hall–Kier alpha value is -2.20. The summed E-state index contributed by atoms with van der Waals surface area (Å²) < 4.78 is 29.4. The summed E-state index contributed by atoms with van der Waals surface area (Å²) in [6.07, 6.45) is 2.72. The Kier molecular flexibility index (Phi) is 6.99. The van der Waals surface area contributed by atoms with Crippen LogP contribution in [0.3, 0.4) is 0 Å². The molecule has 0 spiro atoms. The third-order valence-corrected chi connectivity index (χ3v) is 8.17. The lowest BCUT2D eigenvalue weighted by molar-refractivity contribution is -0.120. The van der Waals surface area contributed by atoms with Crippen molar-refractivity contribution in [2.45, 2.75) is 24.3 Å². The molecule has 1 amide bonds. The van der Waals surface area contributed by atoms with Crippen molar-refractivity contribution in [3.05, 3.63) is 75.9 Å². The number of hydrogen-bond acceptors (Lipinski definition) is 4. The first-order valence-corrected chi connectivity index (χ1v) is 12.8. The Morgan fingerprint density at radius 2 is 1.75 bits per heavy atom. The van der Waals surface area contributed by atoms with Crippen molar-refractivity contribution < 1.29 is 13.2 Å². The summed E-state index contributed by atoms with van der Waals surface area (Å²) in [4.78, 5) is 13.1. The number of benzene rings is 2. The average molecular weight is 538 g/mol. The van der Waals surface area contributed by atoms with Crippen molar-refractivity contribution in [2.75, 3.05) is 18.4 Å². The van der Waals surface area contributed by atoms with E-state index in [4.69, 9.17) is 11.6 Å². The minimum absolute atomic E-state index is 0.154. The van der Waals surface area contributed by atoms with Gasteiger partial charge in [-0.3, -0.25) is 9.48 Å². The van der Waals surface area contributed by atoms with Crippen LogP contribution in [0.2, 0.25) is 5.02 Å². The zero-order chi connectivity index (χ0) is 22.7. The maximum absolute atomic E-state index is 12.8. The molecule has 1 saturated heterocycles. The van der Waals surface area contributed by atoms with Gasteiger partial charge in [0, 0.05) is 30.2 Å². The number of carbonyl (C=O) groups is 1. The lowest BCUT2D eigenvalue weighted by atomic mass is 9.97. The smallest absolute Gasteiger partial charge is 0.243 e. The van der Waals surface area contributed by atoms with Crippen LogP contribution in [0.15, 0.2) is 70.2 Å². The third kappa shape index (κ3) is 5.23. The molecule has 0 radical (unpaired) electrons. The molecule has 1 aliphatic rings. The van der Waals surface area contributed by atoms with Crippen LogP contribution < -0.4 is 5.32 Å². The molecule has 2 heterocycles. The van der Waals surface area contributed by atoms with E-state index >= 15 is 0 Å². The molecule has 4 rings (SSSR count). The number of aromatic nitrogens is 2. The van der Waals surface area contributed by atoms with E-state index in [2.05, 4.69) is 26.3 Å². The third-order valence-electron chi connectivity index (χ3n) is 5.42. The second-order valence-corrected chi connectivity index (χ2v) is 10.9. The second-order valence-electron chi connectivity index (χ2n) is 7.63. The maximum atomic E-state index is 12.8. The van der Waals surface area contributed by atoms with Crippen molar-refractivity contribution in [2.24, 2.45) is 5.92 Å². The Labute approximate surface area is 200 Å². The molecule has 7 nitrogen and oxygen atoms in total. The molecule has 1 aliphatic heterocycles. The number of nitrogens with one attached hydrogen (secondary N) is 1. The van der Waals surface area contributed by atoms with Crippen LogP contribution >= 0.6 is 27.5 Å². The highest BCUT2D eigenvalue weighted by Crippen LogP contribution is 2.26. The monoisotopic (exact) mass is 536 g/mol. The first-order valence-electron chi connectivity index (χ1n) is 10.2. The number of sulfonamides is 1. The summed E-state index contributed by atoms with van der Waals surface area (Å²) in [6, 6.07) is 15.9. The van der Waals surface area contributed by atoms with Gasteiger partial charge in [-0.2, -0.15) is 9.40 Å². The fourth-order valence-electron chi connectivity index (χ4n) is 3.66. The molecule has 1 aromatic heterocycles. The molecule has 0 unspecified atom stereocenters. The first-order chi connectivity index (χ1) is 15.3. The van der Waals surface area contributed by atoms with E-state index in [1.807, 2.05) is 24.3 Å². The molecule has 3 aromatic rings. The van der Waals surface area contributed by atoms with E-state index < -0.39 is 10.0 Å². The predicted octanol–water partition coefficient (Wildman–Crippen LogP) is 4.39. The Bertz CT molecular complexity index is 1190. The number of carbonyl (C=O) groups excluding carboxylic acids is 1. The summed E-state index contributed by atoms with van der Waals surface area (Å²) in [5.41, 5.74) is 1.04. The molecular weight excluding hydrogens is 516 g/mol. The average Bonchev–Trinajstić information content (AvgIpc) is 3.14. The molecular formula is C22H22BrClN4O3S. The number of halogens is 2. The number of piperidine rings is 1. The van der Waals surface area contributed by atoms with E-state index in [1.165, 1.54) is 4.31 Å². The van der Waals surface area contributed by atoms with Crippen LogP contribution in [-0.4, -0.2) is 41.5 Å². The van der Waals surface area contributed by atoms with Crippen molar-refractivity contribution in [3.8, 4) is 0 Å². The number of amides is 1. The molecule has 1 N–H and O–H groups in total. The van der Waals surface area contributed by atoms with E-state index in [9.17, 15) is 13.2 Å². The number of nitrogens with zero attached hydrogens (tertiary/aromatic N) is 3. The molecule has 168 valence electrons. The van der Waals surface area contributed by atoms with Crippen LogP contribution in [0.1, 0.15) is 18.4 Å². The van der Waals surface area contributed by atoms with Gasteiger partial charge in [0.2, 0.25) is 15.9 Å². The Balaban J connectivity index is 1.35. The van der Waals surface area contributed by atoms with Gasteiger partial charge < -0.3 is 5.32 Å². The van der Waals surface area contributed by atoms with Crippen LogP contribution in [0.4, 0.5) is 5.82 Å². The zero-order valence-electron chi connectivity index (χ0n) is 17.1. The summed E-state index contributed by atoms with van der Waals surface area (Å²) in [6.45, 7) is 1.16. The highest BCUT2D eigenvalue weighted by molar-refractivity contribution is 9.10. The molecule has 1 fully saturated rings. The highest BCUT2D eigenvalue weighted by atomic mass is 79.9. The highest BCUT2D eigenvalue weighted by Gasteiger charge is 2.32. The largest absolute Gasteiger partial charge is 0.308 e. The lowest BCUT2D eigenvalue weighted by Gasteiger charge is -2.30. The summed E-state index contributed by atoms with van der Waals surface area (Å²) in [5, 5.41) is 8.00. The number of hydrogen-bond donors (Lipinski definition) is 1. The van der Waals surface area contributed by atoms with E-state index in [0.717, 1.165) is 5.56 Å². The van der Waals surface area contributed by atoms with Crippen LogP contribution in [0.25, 0.3) is 0 Å². The molecule has 0 bridgehead atoms. The molecule has 0 aliphatic carbocycles. The minimum atomic E-state index is -3.54. The van der Waals surface area contributed by atoms with Gasteiger partial charge in [0.1, 0.15) is 0 Å². The Morgan fingerprint density at radius 1 is 1.09 bits per heavy atom. The standard InChI is InChI=1S/C22H22BrClN4O3S/c23-20-15-27(14-16-6-8-18(24)9-7-16)26-21(20)25-22(29)17-10-12-28(13-11-17)32(30,31)19-4-2-1-3-5-19/h1-9,15,17H,10-14H2,(H,25,26,29). The van der Waals surface area contributed by atoms with E-state index in [-0.39, 0.29) is 16.7 Å². The van der Waals surface area contributed by atoms with Crippen LogP contribution in [0.5, 0.6) is 0 Å². The van der Waals surface area contributed by atoms with Gasteiger partial charge in [-0.25, -0.2) is 8.42 Å². The fourth-order valence-corrected chi connectivity index (χ4v) is 5.69. The van der Waals surface area contributed by atoms with Crippen LogP contribution in [-0.2, 0) is 21.4 Å². The lowest BCUT2D eigenvalue weighted by Crippen LogP contribution is -2.41. The minimum Gasteiger partial charge on any atom is -0.308 e. The fraction of sp³-hybridized carbons (Fsp3) is 0.273. The van der Waals surface area contributed by atoms with E-state index in [1.54, 1.807) is 41.2 Å². The summed E-state index contributed by atoms with van der Waals surface area (Å²) in [7, 11) is -3.54. The van der Waals surface area contributed by atoms with Crippen molar-refractivity contribution >= 4 is 49.3 Å². The van der Waals surface area contributed by atoms with Crippen molar-refractivity contribution in [1.29, 1.82) is 0 Å². The van der Waals surface area contributed by atoms with Gasteiger partial charge in [-0.05, 0) is 58.6 Å². The normalized spacial score (nSPS) is 15.6.